The maximum atomic E-state index is 11.4. The lowest BCUT2D eigenvalue weighted by atomic mass is 9.85. The van der Waals surface area contributed by atoms with Crippen molar-refractivity contribution in [2.24, 2.45) is 11.3 Å². The summed E-state index contributed by atoms with van der Waals surface area (Å²) in [7, 11) is -2.79. The molecule has 1 aliphatic rings. The van der Waals surface area contributed by atoms with E-state index in [1.54, 1.807) is 6.92 Å². The van der Waals surface area contributed by atoms with Crippen molar-refractivity contribution < 1.29 is 8.42 Å². The number of alkyl halides is 1. The van der Waals surface area contributed by atoms with Gasteiger partial charge in [0.25, 0.3) is 0 Å². The van der Waals surface area contributed by atoms with Gasteiger partial charge < -0.3 is 0 Å². The van der Waals surface area contributed by atoms with Gasteiger partial charge in [0, 0.05) is 11.1 Å². The lowest BCUT2D eigenvalue weighted by Gasteiger charge is -2.27. The predicted molar refractivity (Wildman–Crippen MR) is 63.6 cm³/mol. The van der Waals surface area contributed by atoms with Gasteiger partial charge >= 0.3 is 0 Å². The van der Waals surface area contributed by atoms with Gasteiger partial charge in [0.2, 0.25) is 0 Å². The normalized spacial score (nSPS) is 21.9. The molecule has 0 bridgehead atoms. The third-order valence-electron chi connectivity index (χ3n) is 3.29. The third kappa shape index (κ3) is 3.23. The van der Waals surface area contributed by atoms with E-state index < -0.39 is 9.84 Å². The van der Waals surface area contributed by atoms with Crippen LogP contribution in [0.1, 0.15) is 33.1 Å². The monoisotopic (exact) mass is 282 g/mol. The molecule has 0 amide bonds. The summed E-state index contributed by atoms with van der Waals surface area (Å²) in [4.78, 5) is 0. The van der Waals surface area contributed by atoms with E-state index in [4.69, 9.17) is 0 Å². The van der Waals surface area contributed by atoms with Crippen LogP contribution in [0, 0.1) is 11.3 Å². The van der Waals surface area contributed by atoms with Gasteiger partial charge in [-0.15, -0.1) is 0 Å². The van der Waals surface area contributed by atoms with Gasteiger partial charge in [0.15, 0.2) is 0 Å². The molecule has 0 aromatic rings. The number of halogens is 1. The van der Waals surface area contributed by atoms with E-state index in [9.17, 15) is 8.42 Å². The SMILES string of the molecule is CCS(=O)(=O)CCC(C)(CBr)C1CC1. The van der Waals surface area contributed by atoms with E-state index in [-0.39, 0.29) is 11.2 Å². The van der Waals surface area contributed by atoms with Gasteiger partial charge in [0.05, 0.1) is 5.75 Å². The molecule has 1 unspecified atom stereocenters. The lowest BCUT2D eigenvalue weighted by Crippen LogP contribution is -2.25. The zero-order chi connectivity index (χ0) is 10.8. The van der Waals surface area contributed by atoms with E-state index in [0.29, 0.717) is 5.75 Å². The molecule has 1 rings (SSSR count). The number of sulfone groups is 1. The van der Waals surface area contributed by atoms with Crippen molar-refractivity contribution in [3.63, 3.8) is 0 Å². The summed E-state index contributed by atoms with van der Waals surface area (Å²) in [5.41, 5.74) is 0.197. The second-order valence-corrected chi connectivity index (χ2v) is 7.58. The van der Waals surface area contributed by atoms with Crippen LogP contribution in [-0.4, -0.2) is 25.3 Å². The summed E-state index contributed by atoms with van der Waals surface area (Å²) in [6.07, 6.45) is 3.35. The van der Waals surface area contributed by atoms with Crippen molar-refractivity contribution >= 4 is 25.8 Å². The molecule has 84 valence electrons. The first kappa shape index (κ1) is 12.5. The highest BCUT2D eigenvalue weighted by Gasteiger charge is 2.40. The molecular weight excluding hydrogens is 264 g/mol. The summed E-state index contributed by atoms with van der Waals surface area (Å²) < 4.78 is 22.8. The summed E-state index contributed by atoms with van der Waals surface area (Å²) in [6.45, 7) is 3.92. The molecule has 0 N–H and O–H groups in total. The highest BCUT2D eigenvalue weighted by atomic mass is 79.9. The first-order chi connectivity index (χ1) is 6.43. The highest BCUT2D eigenvalue weighted by molar-refractivity contribution is 9.09. The molecule has 0 heterocycles. The lowest BCUT2D eigenvalue weighted by molar-refractivity contribution is 0.309. The summed E-state index contributed by atoms with van der Waals surface area (Å²) in [5.74, 6) is 1.37. The van der Waals surface area contributed by atoms with Gasteiger partial charge in [-0.3, -0.25) is 0 Å². The second-order valence-electron chi connectivity index (χ2n) is 4.55. The van der Waals surface area contributed by atoms with Crippen molar-refractivity contribution in [2.45, 2.75) is 33.1 Å². The third-order valence-corrected chi connectivity index (χ3v) is 6.28. The maximum absolute atomic E-state index is 11.4. The van der Waals surface area contributed by atoms with Gasteiger partial charge in [0.1, 0.15) is 9.84 Å². The number of hydrogen-bond donors (Lipinski definition) is 0. The molecule has 1 saturated carbocycles. The fraction of sp³-hybridized carbons (Fsp3) is 1.00. The summed E-state index contributed by atoms with van der Waals surface area (Å²) >= 11 is 3.51. The average molecular weight is 283 g/mol. The Kier molecular flexibility index (Phi) is 4.03. The molecule has 0 saturated heterocycles. The largest absolute Gasteiger partial charge is 0.229 e. The molecule has 4 heteroatoms. The molecule has 0 aliphatic heterocycles. The molecule has 0 aromatic carbocycles. The van der Waals surface area contributed by atoms with E-state index in [2.05, 4.69) is 22.9 Å². The maximum Gasteiger partial charge on any atom is 0.150 e. The van der Waals surface area contributed by atoms with Gasteiger partial charge in [-0.05, 0) is 30.6 Å². The Balaban J connectivity index is 2.49. The molecular formula is C10H19BrO2S. The van der Waals surface area contributed by atoms with Crippen LogP contribution in [0.5, 0.6) is 0 Å². The van der Waals surface area contributed by atoms with Crippen molar-refractivity contribution in [1.82, 2.24) is 0 Å². The Hall–Kier alpha value is 0.430. The van der Waals surface area contributed by atoms with Crippen LogP contribution in [0.3, 0.4) is 0 Å². The van der Waals surface area contributed by atoms with Crippen molar-refractivity contribution in [1.29, 1.82) is 0 Å². The predicted octanol–water partition coefficient (Wildman–Crippen LogP) is 2.62. The summed E-state index contributed by atoms with van der Waals surface area (Å²) in [6, 6.07) is 0. The minimum absolute atomic E-state index is 0.197. The number of rotatable bonds is 6. The molecule has 0 spiro atoms. The Bertz CT molecular complexity index is 282. The number of hydrogen-bond acceptors (Lipinski definition) is 2. The van der Waals surface area contributed by atoms with Crippen LogP contribution in [0.2, 0.25) is 0 Å². The standard InChI is InChI=1S/C10H19BrO2S/c1-3-14(12,13)7-6-10(2,8-11)9-4-5-9/h9H,3-8H2,1-2H3. The van der Waals surface area contributed by atoms with Gasteiger partial charge in [-0.25, -0.2) is 8.42 Å². The Labute approximate surface area is 95.5 Å². The zero-order valence-electron chi connectivity index (χ0n) is 8.92. The first-order valence-corrected chi connectivity index (χ1v) is 8.14. The van der Waals surface area contributed by atoms with Crippen LogP contribution in [0.25, 0.3) is 0 Å². The van der Waals surface area contributed by atoms with Crippen molar-refractivity contribution in [3.8, 4) is 0 Å². The Morgan fingerprint density at radius 1 is 1.43 bits per heavy atom. The van der Waals surface area contributed by atoms with E-state index in [1.165, 1.54) is 12.8 Å². The molecule has 1 atom stereocenters. The molecule has 1 fully saturated rings. The minimum Gasteiger partial charge on any atom is -0.229 e. The van der Waals surface area contributed by atoms with Crippen LogP contribution in [0.4, 0.5) is 0 Å². The molecule has 2 nitrogen and oxygen atoms in total. The van der Waals surface area contributed by atoms with Crippen LogP contribution in [0.15, 0.2) is 0 Å². The van der Waals surface area contributed by atoms with E-state index >= 15 is 0 Å². The van der Waals surface area contributed by atoms with E-state index in [0.717, 1.165) is 17.7 Å². The molecule has 0 radical (unpaired) electrons. The smallest absolute Gasteiger partial charge is 0.150 e. The summed E-state index contributed by atoms with van der Waals surface area (Å²) in [5, 5.41) is 0.921. The van der Waals surface area contributed by atoms with Gasteiger partial charge in [-0.2, -0.15) is 0 Å². The minimum atomic E-state index is -2.79. The van der Waals surface area contributed by atoms with Crippen LogP contribution < -0.4 is 0 Å². The molecule has 1 aliphatic carbocycles. The van der Waals surface area contributed by atoms with Crippen molar-refractivity contribution in [3.05, 3.63) is 0 Å². The molecule has 0 aromatic heterocycles. The second kappa shape index (κ2) is 4.52. The van der Waals surface area contributed by atoms with Gasteiger partial charge in [-0.1, -0.05) is 29.8 Å². The average Bonchev–Trinajstić information content (AvgIpc) is 2.98. The van der Waals surface area contributed by atoms with Crippen LogP contribution in [-0.2, 0) is 9.84 Å². The highest BCUT2D eigenvalue weighted by Crippen LogP contribution is 2.48. The van der Waals surface area contributed by atoms with Crippen molar-refractivity contribution in [2.75, 3.05) is 16.8 Å². The fourth-order valence-electron chi connectivity index (χ4n) is 1.69. The molecule has 14 heavy (non-hydrogen) atoms. The topological polar surface area (TPSA) is 34.1 Å². The van der Waals surface area contributed by atoms with E-state index in [1.807, 2.05) is 0 Å². The first-order valence-electron chi connectivity index (χ1n) is 5.20. The Morgan fingerprint density at radius 3 is 2.36 bits per heavy atom. The fourth-order valence-corrected chi connectivity index (χ4v) is 3.50. The quantitative estimate of drug-likeness (QED) is 0.702. The zero-order valence-corrected chi connectivity index (χ0v) is 11.3. The van der Waals surface area contributed by atoms with Crippen LogP contribution >= 0.6 is 15.9 Å². The Morgan fingerprint density at radius 2 is 2.00 bits per heavy atom.